The van der Waals surface area contributed by atoms with Crippen LogP contribution in [0, 0.1) is 17.8 Å². The summed E-state index contributed by atoms with van der Waals surface area (Å²) in [5, 5.41) is 5.09. The van der Waals surface area contributed by atoms with Crippen LogP contribution in [0.4, 0.5) is 4.79 Å². The summed E-state index contributed by atoms with van der Waals surface area (Å²) in [4.78, 5) is 69.8. The van der Waals surface area contributed by atoms with E-state index in [4.69, 9.17) is 28.9 Å². The van der Waals surface area contributed by atoms with Gasteiger partial charge in [-0.25, -0.2) is 9.78 Å². The Labute approximate surface area is 373 Å². The van der Waals surface area contributed by atoms with E-state index < -0.39 is 18.1 Å². The highest BCUT2D eigenvalue weighted by Gasteiger charge is 2.42. The molecule has 0 unspecified atom stereocenters. The molecule has 14 heteroatoms. The number of nitrogens with zero attached hydrogens (tertiary/aromatic N) is 4. The number of aliphatic imine (C=N–C) groups is 1. The number of hydrogen-bond acceptors (Lipinski definition) is 10. The number of carbonyl (C=O) groups excluding carboxylic acids is 4. The number of likely N-dealkylation sites (tertiary alicyclic amines) is 2. The lowest BCUT2D eigenvalue weighted by molar-refractivity contribution is -0.149. The van der Waals surface area contributed by atoms with Crippen molar-refractivity contribution in [2.75, 3.05) is 53.7 Å². The number of rotatable bonds is 12. The zero-order valence-electron chi connectivity index (χ0n) is 36.8. The molecule has 2 N–H and O–H groups in total. The number of alkyl carbamates (subject to hydrolysis) is 1. The first-order chi connectivity index (χ1) is 31.3. The van der Waals surface area contributed by atoms with Crippen molar-refractivity contribution in [1.29, 1.82) is 0 Å². The summed E-state index contributed by atoms with van der Waals surface area (Å²) < 4.78 is 21.0. The van der Waals surface area contributed by atoms with Crippen LogP contribution in [0.2, 0.25) is 0 Å². The minimum atomic E-state index is -0.680. The van der Waals surface area contributed by atoms with Crippen LogP contribution in [0.3, 0.4) is 0 Å². The van der Waals surface area contributed by atoms with E-state index in [0.29, 0.717) is 58.8 Å². The minimum Gasteiger partial charge on any atom is -0.469 e. The predicted molar refractivity (Wildman–Crippen MR) is 242 cm³/mol. The van der Waals surface area contributed by atoms with Crippen molar-refractivity contribution in [2.24, 2.45) is 22.7 Å². The number of amides is 3. The van der Waals surface area contributed by atoms with Crippen LogP contribution in [-0.2, 0) is 33.3 Å². The number of ether oxygens (including phenoxy) is 4. The van der Waals surface area contributed by atoms with E-state index >= 15 is 0 Å². The van der Waals surface area contributed by atoms with Crippen LogP contribution >= 0.6 is 0 Å². The largest absolute Gasteiger partial charge is 0.469 e. The van der Waals surface area contributed by atoms with E-state index in [1.54, 1.807) is 0 Å². The number of esters is 1. The van der Waals surface area contributed by atoms with E-state index in [-0.39, 0.29) is 48.1 Å². The molecule has 1 aromatic heterocycles. The zero-order chi connectivity index (χ0) is 44.2. The van der Waals surface area contributed by atoms with Gasteiger partial charge in [0.1, 0.15) is 11.9 Å². The smallest absolute Gasteiger partial charge is 0.407 e. The Morgan fingerprint density at radius 2 is 1.34 bits per heavy atom. The summed E-state index contributed by atoms with van der Waals surface area (Å²) >= 11 is 0. The molecule has 14 nitrogen and oxygen atoms in total. The molecule has 0 aliphatic carbocycles. The third kappa shape index (κ3) is 9.21. The lowest BCUT2D eigenvalue weighted by Crippen LogP contribution is -2.53. The second kappa shape index (κ2) is 19.5. The van der Waals surface area contributed by atoms with E-state index in [1.807, 2.05) is 22.2 Å². The molecule has 3 aromatic carbocycles. The number of H-pyrrole nitrogens is 1. The topological polar surface area (TPSA) is 165 Å². The lowest BCUT2D eigenvalue weighted by Gasteiger charge is -2.34. The van der Waals surface area contributed by atoms with Crippen LogP contribution in [0.1, 0.15) is 81.6 Å². The molecule has 336 valence electrons. The average Bonchev–Trinajstić information content (AvgIpc) is 4.20. The Morgan fingerprint density at radius 3 is 2.03 bits per heavy atom. The molecule has 0 spiro atoms. The molecule has 4 fully saturated rings. The zero-order valence-corrected chi connectivity index (χ0v) is 36.8. The fourth-order valence-corrected chi connectivity index (χ4v) is 10.5. The van der Waals surface area contributed by atoms with E-state index in [2.05, 4.69) is 71.0 Å². The highest BCUT2D eigenvalue weighted by molar-refractivity contribution is 6.04. The molecular weight excluding hydrogens is 813 g/mol. The van der Waals surface area contributed by atoms with Gasteiger partial charge in [0, 0.05) is 57.8 Å². The van der Waals surface area contributed by atoms with Crippen molar-refractivity contribution >= 4 is 45.9 Å². The quantitative estimate of drug-likeness (QED) is 0.137. The highest BCUT2D eigenvalue weighted by atomic mass is 16.5. The summed E-state index contributed by atoms with van der Waals surface area (Å²) in [7, 11) is 2.70. The Balaban J connectivity index is 0.838. The third-order valence-electron chi connectivity index (χ3n) is 14.1. The number of nitrogens with one attached hydrogen (secondary N) is 2. The van der Waals surface area contributed by atoms with Gasteiger partial charge in [-0.15, -0.1) is 0 Å². The first kappa shape index (κ1) is 43.4. The molecule has 5 aliphatic rings. The first-order valence-electron chi connectivity index (χ1n) is 22.9. The number of fused-ring (bicyclic) bond motifs is 1. The molecule has 9 rings (SSSR count). The van der Waals surface area contributed by atoms with Gasteiger partial charge in [0.15, 0.2) is 0 Å². The molecule has 4 aromatic rings. The normalized spacial score (nSPS) is 21.7. The van der Waals surface area contributed by atoms with Crippen LogP contribution < -0.4 is 5.32 Å². The van der Waals surface area contributed by atoms with Gasteiger partial charge in [-0.2, -0.15) is 0 Å². The number of aromatic nitrogens is 2. The van der Waals surface area contributed by atoms with Crippen LogP contribution in [-0.4, -0.2) is 115 Å². The van der Waals surface area contributed by atoms with Gasteiger partial charge in [-0.05, 0) is 114 Å². The number of imidazole rings is 1. The van der Waals surface area contributed by atoms with E-state index in [9.17, 15) is 19.2 Å². The summed E-state index contributed by atoms with van der Waals surface area (Å²) in [6, 6.07) is 20.5. The highest BCUT2D eigenvalue weighted by Crippen LogP contribution is 2.37. The van der Waals surface area contributed by atoms with E-state index in [0.717, 1.165) is 94.4 Å². The Bertz CT molecular complexity index is 2420. The fraction of sp³-hybridized carbons (Fsp3) is 0.480. The molecule has 0 saturated carbocycles. The van der Waals surface area contributed by atoms with Gasteiger partial charge in [-0.1, -0.05) is 48.5 Å². The number of benzene rings is 3. The standard InChI is InChI=1S/C50H58N6O8/c1-61-45(57)28-40(32-15-21-63-22-16-32)48(58)55-19-3-5-43(55)41-27-39(29-51-41)38-14-13-36-25-35(11-12-37(36)26-38)31-7-9-33(10-8-31)42-30-52-47(53-42)44-6-4-20-56(44)49(59)46(54-50(60)62-2)34-17-23-64-24-18-34/h7-14,25-26,29-30,32,34,40,43-44,46H,3-6,15-24,27-28H2,1-2H3,(H,52,53)(H,54,60)/t40-,43-,44-,46-/m0/s1. The third-order valence-corrected chi connectivity index (χ3v) is 14.1. The number of hydrogen-bond donors (Lipinski definition) is 2. The van der Waals surface area contributed by atoms with Crippen LogP contribution in [0.15, 0.2) is 78.1 Å². The van der Waals surface area contributed by atoms with Gasteiger partial charge in [0.05, 0.1) is 50.5 Å². The SMILES string of the molecule is COC(=O)C[C@H](C(=O)N1CCC[C@H]1C1=NC=C(c2ccc3cc(-c4ccc(-c5cnc([C@@H]6CCCN6C(=O)[C@@H](NC(=O)OC)C6CCOCC6)[nH]5)cc4)ccc3c2)C1)C1CCOCC1. The van der Waals surface area contributed by atoms with Gasteiger partial charge in [0.2, 0.25) is 11.8 Å². The Morgan fingerprint density at radius 1 is 0.734 bits per heavy atom. The molecular formula is C50H58N6O8. The predicted octanol–water partition coefficient (Wildman–Crippen LogP) is 7.49. The maximum Gasteiger partial charge on any atom is 0.407 e. The van der Waals surface area contributed by atoms with Crippen LogP contribution in [0.5, 0.6) is 0 Å². The van der Waals surface area contributed by atoms with Gasteiger partial charge < -0.3 is 39.0 Å². The molecule has 4 saturated heterocycles. The molecule has 3 amide bonds. The second-order valence-electron chi connectivity index (χ2n) is 17.8. The van der Waals surface area contributed by atoms with Crippen molar-refractivity contribution < 1.29 is 38.1 Å². The van der Waals surface area contributed by atoms with Crippen molar-refractivity contribution in [3.8, 4) is 22.4 Å². The maximum atomic E-state index is 14.1. The number of allylic oxidation sites excluding steroid dienone is 1. The Kier molecular flexibility index (Phi) is 13.2. The number of aromatic amines is 1. The molecule has 0 radical (unpaired) electrons. The van der Waals surface area contributed by atoms with Gasteiger partial charge >= 0.3 is 12.1 Å². The molecule has 5 aliphatic heterocycles. The number of carbonyl (C=O) groups is 4. The van der Waals surface area contributed by atoms with Gasteiger partial charge in [0.25, 0.3) is 0 Å². The van der Waals surface area contributed by atoms with Gasteiger partial charge in [-0.3, -0.25) is 19.4 Å². The summed E-state index contributed by atoms with van der Waals surface area (Å²) in [6.45, 7) is 3.61. The van der Waals surface area contributed by atoms with E-state index in [1.165, 1.54) is 14.2 Å². The summed E-state index contributed by atoms with van der Waals surface area (Å²) in [5.41, 5.74) is 7.33. The fourth-order valence-electron chi connectivity index (χ4n) is 10.5. The molecule has 6 heterocycles. The van der Waals surface area contributed by atoms with Crippen molar-refractivity contribution in [3.63, 3.8) is 0 Å². The summed E-state index contributed by atoms with van der Waals surface area (Å²) in [6.07, 6.45) is 10.3. The first-order valence-corrected chi connectivity index (χ1v) is 22.9. The molecule has 4 atom stereocenters. The second-order valence-corrected chi connectivity index (χ2v) is 17.8. The molecule has 64 heavy (non-hydrogen) atoms. The Hall–Kier alpha value is -5.86. The lowest BCUT2D eigenvalue weighted by atomic mass is 9.82. The monoisotopic (exact) mass is 870 g/mol. The van der Waals surface area contributed by atoms with Crippen molar-refractivity contribution in [3.05, 3.63) is 84.4 Å². The molecule has 0 bridgehead atoms. The van der Waals surface area contributed by atoms with Crippen LogP contribution in [0.25, 0.3) is 38.7 Å². The van der Waals surface area contributed by atoms with Crippen molar-refractivity contribution in [1.82, 2.24) is 25.1 Å². The summed E-state index contributed by atoms with van der Waals surface area (Å²) in [5.74, 6) is -0.00951. The van der Waals surface area contributed by atoms with Crippen molar-refractivity contribution in [2.45, 2.75) is 82.3 Å². The average molecular weight is 871 g/mol. The minimum absolute atomic E-state index is 0.0241. The maximum absolute atomic E-state index is 14.1. The number of methoxy groups -OCH3 is 2.